The third-order valence-corrected chi connectivity index (χ3v) is 3.13. The Morgan fingerprint density at radius 3 is 2.65 bits per heavy atom. The maximum absolute atomic E-state index is 8.78. The van der Waals surface area contributed by atoms with E-state index in [1.165, 1.54) is 0 Å². The van der Waals surface area contributed by atoms with Crippen LogP contribution in [0.4, 0.5) is 0 Å². The van der Waals surface area contributed by atoms with Gasteiger partial charge in [0.1, 0.15) is 0 Å². The summed E-state index contributed by atoms with van der Waals surface area (Å²) < 4.78 is 0. The summed E-state index contributed by atoms with van der Waals surface area (Å²) in [7, 11) is 0. The molecule has 0 saturated heterocycles. The van der Waals surface area contributed by atoms with Gasteiger partial charge in [0, 0.05) is 10.6 Å². The Morgan fingerprint density at radius 2 is 1.94 bits per heavy atom. The van der Waals surface area contributed by atoms with Crippen molar-refractivity contribution in [3.05, 3.63) is 58.6 Å². The van der Waals surface area contributed by atoms with Gasteiger partial charge in [-0.1, -0.05) is 41.9 Å². The van der Waals surface area contributed by atoms with E-state index in [0.29, 0.717) is 6.42 Å². The van der Waals surface area contributed by atoms with E-state index in [1.54, 1.807) is 0 Å². The highest BCUT2D eigenvalue weighted by atomic mass is 35.5. The molecule has 2 aromatic rings. The number of halogens is 1. The Kier molecular flexibility index (Phi) is 3.46. The molecular formula is C15H12ClN. The zero-order valence-electron chi connectivity index (χ0n) is 9.57. The molecule has 0 heterocycles. The molecule has 2 heteroatoms. The Bertz CT molecular complexity index is 582. The molecule has 2 aromatic carbocycles. The van der Waals surface area contributed by atoms with Gasteiger partial charge in [0.15, 0.2) is 0 Å². The summed E-state index contributed by atoms with van der Waals surface area (Å²) in [6.45, 7) is 2.02. The quantitative estimate of drug-likeness (QED) is 0.765. The molecule has 0 spiro atoms. The Hall–Kier alpha value is -1.78. The van der Waals surface area contributed by atoms with Crippen LogP contribution in [0.2, 0.25) is 5.02 Å². The summed E-state index contributed by atoms with van der Waals surface area (Å²) >= 11 is 6.16. The van der Waals surface area contributed by atoms with Crippen molar-refractivity contribution in [2.45, 2.75) is 13.3 Å². The average molecular weight is 242 g/mol. The van der Waals surface area contributed by atoms with Crippen LogP contribution in [0.15, 0.2) is 42.5 Å². The van der Waals surface area contributed by atoms with Crippen LogP contribution < -0.4 is 0 Å². The van der Waals surface area contributed by atoms with Crippen molar-refractivity contribution in [2.75, 3.05) is 0 Å². The summed E-state index contributed by atoms with van der Waals surface area (Å²) in [5.74, 6) is 0. The van der Waals surface area contributed by atoms with Crippen LogP contribution >= 0.6 is 11.6 Å². The fourth-order valence-corrected chi connectivity index (χ4v) is 2.05. The summed E-state index contributed by atoms with van der Waals surface area (Å²) in [4.78, 5) is 0. The minimum Gasteiger partial charge on any atom is -0.198 e. The molecular weight excluding hydrogens is 230 g/mol. The smallest absolute Gasteiger partial charge is 0.0669 e. The standard InChI is InChI=1S/C15H12ClN/c1-11-6-7-13(10-12(11)8-9-17)14-4-2-3-5-15(14)16/h2-7,10H,8H2,1H3. The zero-order valence-corrected chi connectivity index (χ0v) is 10.3. The largest absolute Gasteiger partial charge is 0.198 e. The number of hydrogen-bond acceptors (Lipinski definition) is 1. The third-order valence-electron chi connectivity index (χ3n) is 2.80. The average Bonchev–Trinajstić information content (AvgIpc) is 2.33. The van der Waals surface area contributed by atoms with Crippen molar-refractivity contribution in [3.63, 3.8) is 0 Å². The Labute approximate surface area is 106 Å². The van der Waals surface area contributed by atoms with Crippen molar-refractivity contribution in [1.82, 2.24) is 0 Å². The molecule has 0 unspecified atom stereocenters. The summed E-state index contributed by atoms with van der Waals surface area (Å²) in [5, 5.41) is 9.52. The van der Waals surface area contributed by atoms with Crippen LogP contribution in [0.5, 0.6) is 0 Å². The number of benzene rings is 2. The molecule has 84 valence electrons. The van der Waals surface area contributed by atoms with Gasteiger partial charge in [-0.3, -0.25) is 0 Å². The normalized spacial score (nSPS) is 9.94. The molecule has 0 amide bonds. The first kappa shape index (κ1) is 11.7. The molecule has 2 rings (SSSR count). The van der Waals surface area contributed by atoms with Crippen LogP contribution in [0.25, 0.3) is 11.1 Å². The van der Waals surface area contributed by atoms with Crippen LogP contribution in [0, 0.1) is 18.3 Å². The summed E-state index contributed by atoms with van der Waals surface area (Å²) in [6, 6.07) is 16.0. The van der Waals surface area contributed by atoms with Gasteiger partial charge in [-0.15, -0.1) is 0 Å². The van der Waals surface area contributed by atoms with E-state index in [-0.39, 0.29) is 0 Å². The lowest BCUT2D eigenvalue weighted by atomic mass is 9.98. The van der Waals surface area contributed by atoms with Gasteiger partial charge < -0.3 is 0 Å². The predicted molar refractivity (Wildman–Crippen MR) is 70.9 cm³/mol. The minimum absolute atomic E-state index is 0.435. The number of rotatable bonds is 2. The van der Waals surface area contributed by atoms with Gasteiger partial charge in [0.2, 0.25) is 0 Å². The number of nitrogens with zero attached hydrogens (tertiary/aromatic N) is 1. The number of aryl methyl sites for hydroxylation is 1. The molecule has 1 nitrogen and oxygen atoms in total. The highest BCUT2D eigenvalue weighted by Crippen LogP contribution is 2.29. The Balaban J connectivity index is 2.51. The molecule has 0 saturated carbocycles. The van der Waals surface area contributed by atoms with Gasteiger partial charge in [-0.2, -0.15) is 5.26 Å². The van der Waals surface area contributed by atoms with Crippen molar-refractivity contribution in [1.29, 1.82) is 5.26 Å². The molecule has 0 aromatic heterocycles. The maximum Gasteiger partial charge on any atom is 0.0669 e. The topological polar surface area (TPSA) is 23.8 Å². The molecule has 0 aliphatic rings. The van der Waals surface area contributed by atoms with Crippen molar-refractivity contribution < 1.29 is 0 Å². The van der Waals surface area contributed by atoms with Gasteiger partial charge in [-0.05, 0) is 35.7 Å². The van der Waals surface area contributed by atoms with Gasteiger partial charge in [0.05, 0.1) is 12.5 Å². The second kappa shape index (κ2) is 5.03. The predicted octanol–water partition coefficient (Wildman–Crippen LogP) is 4.38. The van der Waals surface area contributed by atoms with E-state index in [0.717, 1.165) is 27.3 Å². The first-order valence-electron chi connectivity index (χ1n) is 5.44. The minimum atomic E-state index is 0.435. The lowest BCUT2D eigenvalue weighted by Crippen LogP contribution is -1.89. The van der Waals surface area contributed by atoms with Crippen molar-refractivity contribution >= 4 is 11.6 Å². The first-order valence-corrected chi connectivity index (χ1v) is 5.81. The fourth-order valence-electron chi connectivity index (χ4n) is 1.81. The molecule has 0 atom stereocenters. The van der Waals surface area contributed by atoms with E-state index in [2.05, 4.69) is 6.07 Å². The maximum atomic E-state index is 8.78. The monoisotopic (exact) mass is 241 g/mol. The molecule has 0 radical (unpaired) electrons. The van der Waals surface area contributed by atoms with Crippen molar-refractivity contribution in [3.8, 4) is 17.2 Å². The van der Waals surface area contributed by atoms with E-state index < -0.39 is 0 Å². The van der Waals surface area contributed by atoms with Crippen molar-refractivity contribution in [2.24, 2.45) is 0 Å². The SMILES string of the molecule is Cc1ccc(-c2ccccc2Cl)cc1CC#N. The van der Waals surface area contributed by atoms with Crippen LogP contribution in [-0.4, -0.2) is 0 Å². The van der Waals surface area contributed by atoms with E-state index >= 15 is 0 Å². The van der Waals surface area contributed by atoms with Gasteiger partial charge >= 0.3 is 0 Å². The van der Waals surface area contributed by atoms with E-state index in [1.807, 2.05) is 49.4 Å². The Morgan fingerprint density at radius 1 is 1.18 bits per heavy atom. The van der Waals surface area contributed by atoms with Crippen LogP contribution in [0.1, 0.15) is 11.1 Å². The molecule has 0 N–H and O–H groups in total. The van der Waals surface area contributed by atoms with Gasteiger partial charge in [0.25, 0.3) is 0 Å². The third kappa shape index (κ3) is 2.49. The first-order chi connectivity index (χ1) is 8.22. The summed E-state index contributed by atoms with van der Waals surface area (Å²) in [5.41, 5.74) is 4.27. The van der Waals surface area contributed by atoms with Gasteiger partial charge in [-0.25, -0.2) is 0 Å². The zero-order chi connectivity index (χ0) is 12.3. The second-order valence-corrected chi connectivity index (χ2v) is 4.36. The number of nitriles is 1. The molecule has 0 fully saturated rings. The number of hydrogen-bond donors (Lipinski definition) is 0. The van der Waals surface area contributed by atoms with Crippen LogP contribution in [0.3, 0.4) is 0 Å². The highest BCUT2D eigenvalue weighted by molar-refractivity contribution is 6.33. The van der Waals surface area contributed by atoms with E-state index in [9.17, 15) is 0 Å². The second-order valence-electron chi connectivity index (χ2n) is 3.96. The molecule has 0 aliphatic carbocycles. The molecule has 0 bridgehead atoms. The highest BCUT2D eigenvalue weighted by Gasteiger charge is 2.05. The molecule has 17 heavy (non-hydrogen) atoms. The lowest BCUT2D eigenvalue weighted by Gasteiger charge is -2.08. The fraction of sp³-hybridized carbons (Fsp3) is 0.133. The molecule has 0 aliphatic heterocycles. The summed E-state index contributed by atoms with van der Waals surface area (Å²) in [6.07, 6.45) is 0.435. The van der Waals surface area contributed by atoms with E-state index in [4.69, 9.17) is 16.9 Å². The lowest BCUT2D eigenvalue weighted by molar-refractivity contribution is 1.21. The van der Waals surface area contributed by atoms with Crippen LogP contribution in [-0.2, 0) is 6.42 Å².